The molecule has 1 aliphatic rings. The van der Waals surface area contributed by atoms with Crippen LogP contribution in [0, 0.1) is 11.6 Å². The van der Waals surface area contributed by atoms with Crippen molar-refractivity contribution < 1.29 is 27.8 Å². The summed E-state index contributed by atoms with van der Waals surface area (Å²) in [5.41, 5.74) is 5.20. The van der Waals surface area contributed by atoms with Gasteiger partial charge in [0.05, 0.1) is 46.5 Å². The van der Waals surface area contributed by atoms with Gasteiger partial charge in [0.2, 0.25) is 0 Å². The van der Waals surface area contributed by atoms with Gasteiger partial charge in [0.25, 0.3) is 0 Å². The average molecular weight is 684 g/mol. The Hall–Kier alpha value is -4.94. The molecule has 0 spiro atoms. The molecule has 12 heteroatoms. The summed E-state index contributed by atoms with van der Waals surface area (Å²) in [7, 11) is 3.42. The molecule has 0 atom stereocenters. The lowest BCUT2D eigenvalue weighted by Crippen LogP contribution is -2.40. The van der Waals surface area contributed by atoms with Crippen LogP contribution in [-0.4, -0.2) is 63.2 Å². The number of methoxy groups -OCH3 is 1. The molecule has 0 saturated heterocycles. The molecule has 0 saturated carbocycles. The fourth-order valence-corrected chi connectivity index (χ4v) is 7.10. The minimum Gasteiger partial charge on any atom is -0.490 e. The predicted octanol–water partition coefficient (Wildman–Crippen LogP) is 8.18. The standard InChI is InChI=1S/C37H35F2N5O4S/c1-37(2,3)48-36(45)44-10-8-28-24(20-44)15-23(18-40-28)33-31(32-27(39)16-25(38)17-30(32)47-12-11-46-5)26-9-13-49-35(26)34(42-33)21-6-7-29-22(14-21)19-41-43(29)4/h6-7,9,13-19H,8,10-12,20H2,1-5H3. The quantitative estimate of drug-likeness (QED) is 0.157. The summed E-state index contributed by atoms with van der Waals surface area (Å²) in [6.45, 7) is 6.59. The van der Waals surface area contributed by atoms with Crippen LogP contribution in [0.4, 0.5) is 13.6 Å². The summed E-state index contributed by atoms with van der Waals surface area (Å²) in [5.74, 6) is -1.50. The molecule has 0 radical (unpaired) electrons. The van der Waals surface area contributed by atoms with E-state index in [2.05, 4.69) is 5.10 Å². The number of thiophene rings is 1. The van der Waals surface area contributed by atoms with E-state index in [4.69, 9.17) is 24.2 Å². The molecule has 0 fully saturated rings. The molecule has 49 heavy (non-hydrogen) atoms. The summed E-state index contributed by atoms with van der Waals surface area (Å²) in [5, 5.41) is 8.01. The highest BCUT2D eigenvalue weighted by Gasteiger charge is 2.29. The van der Waals surface area contributed by atoms with Crippen LogP contribution < -0.4 is 4.74 Å². The van der Waals surface area contributed by atoms with Gasteiger partial charge in [-0.1, -0.05) is 6.07 Å². The number of carbonyl (C=O) groups excluding carboxylic acids is 1. The largest absolute Gasteiger partial charge is 0.490 e. The summed E-state index contributed by atoms with van der Waals surface area (Å²) >= 11 is 1.48. The van der Waals surface area contributed by atoms with Crippen LogP contribution in [0.1, 0.15) is 32.0 Å². The third-order valence-electron chi connectivity index (χ3n) is 8.41. The number of ether oxygens (including phenoxy) is 3. The Morgan fingerprint density at radius 2 is 1.84 bits per heavy atom. The number of aryl methyl sites for hydroxylation is 1. The van der Waals surface area contributed by atoms with E-state index in [-0.39, 0.29) is 24.5 Å². The minimum atomic E-state index is -0.783. The first kappa shape index (κ1) is 32.6. The molecule has 0 aliphatic carbocycles. The summed E-state index contributed by atoms with van der Waals surface area (Å²) in [6, 6.07) is 11.9. The number of benzene rings is 2. The average Bonchev–Trinajstić information content (AvgIpc) is 3.70. The Bertz CT molecular complexity index is 2220. The second-order valence-corrected chi connectivity index (χ2v) is 13.9. The van der Waals surface area contributed by atoms with Gasteiger partial charge in [-0.3, -0.25) is 9.67 Å². The van der Waals surface area contributed by atoms with Gasteiger partial charge in [0, 0.05) is 78.6 Å². The molecule has 1 aliphatic heterocycles. The predicted molar refractivity (Wildman–Crippen MR) is 186 cm³/mol. The van der Waals surface area contributed by atoms with E-state index in [1.807, 2.05) is 68.2 Å². The molecule has 9 nitrogen and oxygen atoms in total. The molecule has 0 N–H and O–H groups in total. The molecule has 0 bridgehead atoms. The number of hydrogen-bond donors (Lipinski definition) is 0. The van der Waals surface area contributed by atoms with Crippen LogP contribution in [0.5, 0.6) is 5.75 Å². The number of carbonyl (C=O) groups is 1. The second-order valence-electron chi connectivity index (χ2n) is 13.0. The van der Waals surface area contributed by atoms with Crippen LogP contribution in [0.3, 0.4) is 0 Å². The van der Waals surface area contributed by atoms with Crippen LogP contribution in [0.2, 0.25) is 0 Å². The van der Waals surface area contributed by atoms with E-state index in [0.29, 0.717) is 42.0 Å². The number of aromatic nitrogens is 4. The smallest absolute Gasteiger partial charge is 0.410 e. The fraction of sp³-hybridized carbons (Fsp3) is 0.297. The van der Waals surface area contributed by atoms with Gasteiger partial charge in [0.15, 0.2) is 0 Å². The summed E-state index contributed by atoms with van der Waals surface area (Å²) < 4.78 is 50.2. The Morgan fingerprint density at radius 3 is 2.63 bits per heavy atom. The minimum absolute atomic E-state index is 0.0386. The van der Waals surface area contributed by atoms with E-state index < -0.39 is 23.3 Å². The summed E-state index contributed by atoms with van der Waals surface area (Å²) in [6.07, 6.45) is 3.69. The Balaban J connectivity index is 1.45. The lowest BCUT2D eigenvalue weighted by atomic mass is 9.92. The first-order chi connectivity index (χ1) is 23.5. The zero-order valence-electron chi connectivity index (χ0n) is 27.8. The molecular formula is C37H35F2N5O4S. The van der Waals surface area contributed by atoms with E-state index in [1.54, 1.807) is 17.3 Å². The first-order valence-corrected chi connectivity index (χ1v) is 16.8. The lowest BCUT2D eigenvalue weighted by Gasteiger charge is -2.31. The first-order valence-electron chi connectivity index (χ1n) is 15.9. The normalized spacial score (nSPS) is 13.2. The van der Waals surface area contributed by atoms with Gasteiger partial charge in [-0.25, -0.2) is 18.6 Å². The SMILES string of the molecule is COCCOc1cc(F)cc(F)c1-c1c(-c2cnc3c(c2)CN(C(=O)OC(C)(C)C)CC3)nc(-c2ccc3c(cnn3C)c2)c2sccc12. The third-order valence-corrected chi connectivity index (χ3v) is 9.33. The Morgan fingerprint density at radius 1 is 1.00 bits per heavy atom. The monoisotopic (exact) mass is 683 g/mol. The molecule has 7 rings (SSSR count). The van der Waals surface area contributed by atoms with Gasteiger partial charge >= 0.3 is 6.09 Å². The Labute approximate surface area is 286 Å². The zero-order chi connectivity index (χ0) is 34.4. The van der Waals surface area contributed by atoms with E-state index >= 15 is 4.39 Å². The van der Waals surface area contributed by atoms with Crippen molar-refractivity contribution in [3.8, 4) is 39.4 Å². The van der Waals surface area contributed by atoms with Crippen molar-refractivity contribution in [1.29, 1.82) is 0 Å². The van der Waals surface area contributed by atoms with E-state index in [9.17, 15) is 9.18 Å². The van der Waals surface area contributed by atoms with Crippen molar-refractivity contribution in [1.82, 2.24) is 24.6 Å². The van der Waals surface area contributed by atoms with Gasteiger partial charge in [0.1, 0.15) is 29.6 Å². The second kappa shape index (κ2) is 12.8. The van der Waals surface area contributed by atoms with E-state index in [0.717, 1.165) is 43.9 Å². The van der Waals surface area contributed by atoms with Crippen LogP contribution >= 0.6 is 11.3 Å². The van der Waals surface area contributed by atoms with Crippen LogP contribution in [0.15, 0.2) is 60.2 Å². The number of amides is 1. The highest BCUT2D eigenvalue weighted by molar-refractivity contribution is 7.17. The number of hydrogen-bond acceptors (Lipinski definition) is 8. The van der Waals surface area contributed by atoms with Gasteiger partial charge in [-0.2, -0.15) is 5.10 Å². The van der Waals surface area contributed by atoms with E-state index in [1.165, 1.54) is 24.5 Å². The number of fused-ring (bicyclic) bond motifs is 3. The van der Waals surface area contributed by atoms with Crippen molar-refractivity contribution in [3.63, 3.8) is 0 Å². The number of nitrogens with zero attached hydrogens (tertiary/aromatic N) is 5. The van der Waals surface area contributed by atoms with Crippen molar-refractivity contribution >= 4 is 38.4 Å². The fourth-order valence-electron chi connectivity index (χ4n) is 6.18. The maximum atomic E-state index is 16.1. The van der Waals surface area contributed by atoms with Crippen LogP contribution in [0.25, 0.3) is 54.6 Å². The molecule has 0 unspecified atom stereocenters. The molecular weight excluding hydrogens is 649 g/mol. The molecule has 5 heterocycles. The number of halogens is 2. The maximum Gasteiger partial charge on any atom is 0.410 e. The molecule has 2 aromatic carbocycles. The van der Waals surface area contributed by atoms with Crippen molar-refractivity contribution in [2.24, 2.45) is 7.05 Å². The molecule has 252 valence electrons. The van der Waals surface area contributed by atoms with Gasteiger partial charge in [-0.05, 0) is 56.0 Å². The molecule has 1 amide bonds. The summed E-state index contributed by atoms with van der Waals surface area (Å²) in [4.78, 5) is 24.7. The Kier molecular flexibility index (Phi) is 8.53. The van der Waals surface area contributed by atoms with Gasteiger partial charge < -0.3 is 19.1 Å². The molecule has 6 aromatic rings. The topological polar surface area (TPSA) is 91.6 Å². The van der Waals surface area contributed by atoms with Crippen LogP contribution in [-0.2, 0) is 29.5 Å². The number of pyridine rings is 2. The zero-order valence-corrected chi connectivity index (χ0v) is 28.7. The maximum absolute atomic E-state index is 16.1. The van der Waals surface area contributed by atoms with Crippen molar-refractivity contribution in [2.75, 3.05) is 26.9 Å². The lowest BCUT2D eigenvalue weighted by molar-refractivity contribution is 0.0222. The molecule has 4 aromatic heterocycles. The van der Waals surface area contributed by atoms with Crippen molar-refractivity contribution in [2.45, 2.75) is 39.3 Å². The number of rotatable bonds is 7. The highest BCUT2D eigenvalue weighted by Crippen LogP contribution is 2.47. The van der Waals surface area contributed by atoms with Gasteiger partial charge in [-0.15, -0.1) is 11.3 Å². The van der Waals surface area contributed by atoms with Crippen molar-refractivity contribution in [3.05, 3.63) is 83.1 Å². The third kappa shape index (κ3) is 6.33. The highest BCUT2D eigenvalue weighted by atomic mass is 32.1.